The van der Waals surface area contributed by atoms with Gasteiger partial charge in [-0.2, -0.15) is 16.1 Å². The minimum absolute atomic E-state index is 0.124. The minimum Gasteiger partial charge on any atom is -0.345 e. The summed E-state index contributed by atoms with van der Waals surface area (Å²) in [5.41, 5.74) is 2.22. The topological polar surface area (TPSA) is 102 Å². The molecule has 3 rings (SSSR count). The Morgan fingerprint density at radius 3 is 2.88 bits per heavy atom. The lowest BCUT2D eigenvalue weighted by Crippen LogP contribution is -2.35. The molecule has 2 heterocycles. The number of nitrogens with one attached hydrogen (secondary N) is 2. The molecule has 0 aliphatic rings. The highest BCUT2D eigenvalue weighted by Gasteiger charge is 2.11. The van der Waals surface area contributed by atoms with Crippen molar-refractivity contribution in [3.05, 3.63) is 45.6 Å². The molecule has 0 bridgehead atoms. The van der Waals surface area contributed by atoms with Crippen LogP contribution in [0.3, 0.4) is 0 Å². The number of benzene rings is 1. The van der Waals surface area contributed by atoms with E-state index in [-0.39, 0.29) is 19.0 Å². The van der Waals surface area contributed by atoms with Crippen LogP contribution in [0.15, 0.2) is 35.0 Å². The zero-order chi connectivity index (χ0) is 18.5. The Balaban J connectivity index is 1.49. The third-order valence-corrected chi connectivity index (χ3v) is 4.60. The molecule has 0 unspecified atom stereocenters. The van der Waals surface area contributed by atoms with Gasteiger partial charge >= 0.3 is 0 Å². The molecular formula is C16H15ClN6O2S. The quantitative estimate of drug-likeness (QED) is 0.671. The fourth-order valence-electron chi connectivity index (χ4n) is 2.12. The Hall–Kier alpha value is -2.78. The molecule has 0 aliphatic carbocycles. The van der Waals surface area contributed by atoms with Crippen LogP contribution in [0.4, 0.5) is 5.69 Å². The van der Waals surface area contributed by atoms with Gasteiger partial charge in [0.1, 0.15) is 6.54 Å². The highest BCUT2D eigenvalue weighted by atomic mass is 35.5. The van der Waals surface area contributed by atoms with Crippen molar-refractivity contribution in [1.29, 1.82) is 0 Å². The molecule has 3 aromatic rings. The second-order valence-corrected chi connectivity index (χ2v) is 6.58. The predicted molar refractivity (Wildman–Crippen MR) is 99.0 cm³/mol. The molecule has 10 heteroatoms. The summed E-state index contributed by atoms with van der Waals surface area (Å²) in [5, 5.41) is 21.4. The third kappa shape index (κ3) is 4.44. The van der Waals surface area contributed by atoms with Crippen LogP contribution in [0.5, 0.6) is 0 Å². The third-order valence-electron chi connectivity index (χ3n) is 3.51. The van der Waals surface area contributed by atoms with E-state index < -0.39 is 5.91 Å². The molecule has 0 spiro atoms. The Morgan fingerprint density at radius 1 is 1.27 bits per heavy atom. The number of hydrogen-bond acceptors (Lipinski definition) is 6. The van der Waals surface area contributed by atoms with Crippen molar-refractivity contribution in [2.24, 2.45) is 0 Å². The van der Waals surface area contributed by atoms with Gasteiger partial charge in [0.25, 0.3) is 0 Å². The molecule has 2 aromatic heterocycles. The first-order valence-electron chi connectivity index (χ1n) is 7.65. The highest BCUT2D eigenvalue weighted by molar-refractivity contribution is 7.08. The van der Waals surface area contributed by atoms with E-state index >= 15 is 0 Å². The zero-order valence-corrected chi connectivity index (χ0v) is 15.3. The summed E-state index contributed by atoms with van der Waals surface area (Å²) in [6.45, 7) is 1.51. The number of rotatable bonds is 6. The molecular weight excluding hydrogens is 376 g/mol. The second-order valence-electron chi connectivity index (χ2n) is 5.39. The van der Waals surface area contributed by atoms with Crippen LogP contribution >= 0.6 is 22.9 Å². The van der Waals surface area contributed by atoms with Crippen LogP contribution in [0.2, 0.25) is 5.02 Å². The smallest absolute Gasteiger partial charge is 0.244 e. The van der Waals surface area contributed by atoms with Gasteiger partial charge in [-0.05, 0) is 41.3 Å². The van der Waals surface area contributed by atoms with E-state index in [0.29, 0.717) is 16.5 Å². The van der Waals surface area contributed by atoms with Crippen molar-refractivity contribution in [3.8, 4) is 11.4 Å². The van der Waals surface area contributed by atoms with Gasteiger partial charge in [0, 0.05) is 21.7 Å². The van der Waals surface area contributed by atoms with Gasteiger partial charge in [-0.1, -0.05) is 17.7 Å². The fraction of sp³-hybridized carbons (Fsp3) is 0.188. The average molecular weight is 391 g/mol. The molecule has 0 saturated carbocycles. The number of hydrogen-bond donors (Lipinski definition) is 2. The van der Waals surface area contributed by atoms with Crippen molar-refractivity contribution in [2.45, 2.75) is 13.5 Å². The van der Waals surface area contributed by atoms with Crippen molar-refractivity contribution >= 4 is 40.4 Å². The van der Waals surface area contributed by atoms with Gasteiger partial charge in [-0.15, -0.1) is 10.2 Å². The monoisotopic (exact) mass is 390 g/mol. The number of carbonyl (C=O) groups is 2. The standard InChI is InChI=1S/C16H15ClN6O2S/c1-10-12(17)3-2-4-13(10)19-14(24)7-18-15(25)8-23-21-16(20-22-23)11-5-6-26-9-11/h2-6,9H,7-8H2,1H3,(H,18,25)(H,19,24). The van der Waals surface area contributed by atoms with Crippen molar-refractivity contribution in [3.63, 3.8) is 0 Å². The first-order chi connectivity index (χ1) is 12.5. The maximum atomic E-state index is 12.0. The highest BCUT2D eigenvalue weighted by Crippen LogP contribution is 2.22. The number of amides is 2. The number of anilines is 1. The second kappa shape index (κ2) is 8.07. The van der Waals surface area contributed by atoms with Crippen LogP contribution in [-0.2, 0) is 16.1 Å². The summed E-state index contributed by atoms with van der Waals surface area (Å²) in [6.07, 6.45) is 0. The van der Waals surface area contributed by atoms with E-state index in [2.05, 4.69) is 26.0 Å². The SMILES string of the molecule is Cc1c(Cl)cccc1NC(=O)CNC(=O)Cn1nnc(-c2ccsc2)n1. The summed E-state index contributed by atoms with van der Waals surface area (Å²) in [6, 6.07) is 7.09. The Labute approximate surface area is 158 Å². The van der Waals surface area contributed by atoms with Crippen molar-refractivity contribution in [1.82, 2.24) is 25.5 Å². The normalized spacial score (nSPS) is 10.5. The van der Waals surface area contributed by atoms with Crippen LogP contribution in [0.1, 0.15) is 5.56 Å². The Morgan fingerprint density at radius 2 is 2.12 bits per heavy atom. The van der Waals surface area contributed by atoms with E-state index in [1.165, 1.54) is 16.1 Å². The van der Waals surface area contributed by atoms with E-state index in [0.717, 1.165) is 11.1 Å². The summed E-state index contributed by atoms with van der Waals surface area (Å²) >= 11 is 7.53. The van der Waals surface area contributed by atoms with Crippen molar-refractivity contribution in [2.75, 3.05) is 11.9 Å². The average Bonchev–Trinajstić information content (AvgIpc) is 3.28. The maximum absolute atomic E-state index is 12.0. The lowest BCUT2D eigenvalue weighted by Gasteiger charge is -2.10. The van der Waals surface area contributed by atoms with Crippen molar-refractivity contribution < 1.29 is 9.59 Å². The number of aromatic nitrogens is 4. The molecule has 2 amide bonds. The van der Waals surface area contributed by atoms with Crippen LogP contribution in [0, 0.1) is 6.92 Å². The van der Waals surface area contributed by atoms with Gasteiger partial charge in [-0.3, -0.25) is 9.59 Å². The van der Waals surface area contributed by atoms with Gasteiger partial charge in [-0.25, -0.2) is 0 Å². The Bertz CT molecular complexity index is 925. The summed E-state index contributed by atoms with van der Waals surface area (Å²) in [7, 11) is 0. The number of tetrazole rings is 1. The van der Waals surface area contributed by atoms with Crippen LogP contribution in [0.25, 0.3) is 11.4 Å². The Kier molecular flexibility index (Phi) is 5.59. The lowest BCUT2D eigenvalue weighted by atomic mass is 10.2. The molecule has 0 radical (unpaired) electrons. The zero-order valence-electron chi connectivity index (χ0n) is 13.8. The van der Waals surface area contributed by atoms with E-state index in [1.54, 1.807) is 25.1 Å². The van der Waals surface area contributed by atoms with E-state index in [4.69, 9.17) is 11.6 Å². The number of thiophene rings is 1. The minimum atomic E-state index is -0.391. The summed E-state index contributed by atoms with van der Waals surface area (Å²) in [5.74, 6) is -0.292. The largest absolute Gasteiger partial charge is 0.345 e. The maximum Gasteiger partial charge on any atom is 0.244 e. The predicted octanol–water partition coefficient (Wildman–Crippen LogP) is 2.12. The van der Waals surface area contributed by atoms with Gasteiger partial charge in [0.2, 0.25) is 17.6 Å². The number of halogens is 1. The van der Waals surface area contributed by atoms with E-state index in [1.807, 2.05) is 16.8 Å². The lowest BCUT2D eigenvalue weighted by molar-refractivity contribution is -0.124. The van der Waals surface area contributed by atoms with Crippen LogP contribution in [-0.4, -0.2) is 38.6 Å². The molecule has 26 heavy (non-hydrogen) atoms. The van der Waals surface area contributed by atoms with E-state index in [9.17, 15) is 9.59 Å². The first kappa shape index (κ1) is 18.0. The summed E-state index contributed by atoms with van der Waals surface area (Å²) in [4.78, 5) is 25.1. The van der Waals surface area contributed by atoms with Crippen LogP contribution < -0.4 is 10.6 Å². The molecule has 8 nitrogen and oxygen atoms in total. The molecule has 134 valence electrons. The molecule has 0 atom stereocenters. The number of carbonyl (C=O) groups excluding carboxylic acids is 2. The van der Waals surface area contributed by atoms with Gasteiger partial charge < -0.3 is 10.6 Å². The fourth-order valence-corrected chi connectivity index (χ4v) is 2.93. The molecule has 2 N–H and O–H groups in total. The first-order valence-corrected chi connectivity index (χ1v) is 8.97. The molecule has 1 aromatic carbocycles. The molecule has 0 aliphatic heterocycles. The van der Waals surface area contributed by atoms with Gasteiger partial charge in [0.05, 0.1) is 6.54 Å². The molecule has 0 saturated heterocycles. The van der Waals surface area contributed by atoms with Gasteiger partial charge in [0.15, 0.2) is 0 Å². The number of nitrogens with zero attached hydrogens (tertiary/aromatic N) is 4. The summed E-state index contributed by atoms with van der Waals surface area (Å²) < 4.78 is 0. The molecule has 0 fully saturated rings.